The highest BCUT2D eigenvalue weighted by atomic mass is 19.4. The van der Waals surface area contributed by atoms with Crippen molar-refractivity contribution in [3.63, 3.8) is 0 Å². The summed E-state index contributed by atoms with van der Waals surface area (Å²) in [5, 5.41) is 15.1. The molecular weight excluding hydrogens is 475 g/mol. The quantitative estimate of drug-likeness (QED) is 0.328. The van der Waals surface area contributed by atoms with E-state index in [0.717, 1.165) is 6.07 Å². The Balaban J connectivity index is 0.000000303. The lowest BCUT2D eigenvalue weighted by molar-refractivity contribution is -0.140. The lowest BCUT2D eigenvalue weighted by Crippen LogP contribution is -2.53. The van der Waals surface area contributed by atoms with E-state index in [-0.39, 0.29) is 17.9 Å². The Hall–Kier alpha value is -2.81. The molecule has 196 valence electrons. The van der Waals surface area contributed by atoms with Gasteiger partial charge in [-0.25, -0.2) is 8.78 Å². The van der Waals surface area contributed by atoms with Crippen LogP contribution in [0.3, 0.4) is 0 Å². The average molecular weight is 509 g/mol. The van der Waals surface area contributed by atoms with Crippen molar-refractivity contribution in [1.82, 2.24) is 15.5 Å². The summed E-state index contributed by atoms with van der Waals surface area (Å²) in [5.41, 5.74) is 0.125. The van der Waals surface area contributed by atoms with Crippen LogP contribution in [0.2, 0.25) is 0 Å². The van der Waals surface area contributed by atoms with Crippen LogP contribution in [0.25, 0.3) is 10.8 Å². The molecule has 3 aromatic rings. The Morgan fingerprint density at radius 1 is 0.972 bits per heavy atom. The van der Waals surface area contributed by atoms with Crippen LogP contribution in [-0.2, 0) is 12.7 Å². The third-order valence-electron chi connectivity index (χ3n) is 6.63. The molecule has 0 unspecified atom stereocenters. The number of halogens is 5. The Kier molecular flexibility index (Phi) is 8.87. The molecule has 1 aromatic heterocycles. The van der Waals surface area contributed by atoms with Crippen molar-refractivity contribution in [2.75, 3.05) is 18.4 Å². The van der Waals surface area contributed by atoms with Gasteiger partial charge < -0.3 is 10.6 Å². The summed E-state index contributed by atoms with van der Waals surface area (Å²) in [7, 11) is 0. The van der Waals surface area contributed by atoms with Crippen molar-refractivity contribution in [3.8, 4) is 0 Å². The second-order valence-corrected chi connectivity index (χ2v) is 9.51. The summed E-state index contributed by atoms with van der Waals surface area (Å²) in [6, 6.07) is 5.97. The highest BCUT2D eigenvalue weighted by molar-refractivity contribution is 5.93. The highest BCUT2D eigenvalue weighted by Gasteiger charge is 2.35. The van der Waals surface area contributed by atoms with Gasteiger partial charge in [0.05, 0.1) is 11.3 Å². The van der Waals surface area contributed by atoms with Crippen LogP contribution in [-0.4, -0.2) is 23.3 Å². The Labute approximate surface area is 208 Å². The van der Waals surface area contributed by atoms with Gasteiger partial charge in [-0.2, -0.15) is 18.3 Å². The van der Waals surface area contributed by atoms with Gasteiger partial charge in [0.2, 0.25) is 0 Å². The largest absolute Gasteiger partial charge is 0.419 e. The summed E-state index contributed by atoms with van der Waals surface area (Å²) in [6.07, 6.45) is 0.774. The third kappa shape index (κ3) is 6.30. The summed E-state index contributed by atoms with van der Waals surface area (Å²) >= 11 is 0. The topological polar surface area (TPSA) is 49.8 Å². The fourth-order valence-corrected chi connectivity index (χ4v) is 4.67. The number of fused-ring (bicyclic) bond motifs is 1. The van der Waals surface area contributed by atoms with Crippen LogP contribution in [0.5, 0.6) is 0 Å². The summed E-state index contributed by atoms with van der Waals surface area (Å²) in [6.45, 7) is 10.1. The number of benzene rings is 2. The lowest BCUT2D eigenvalue weighted by Gasteiger charge is -2.42. The Bertz CT molecular complexity index is 1180. The molecule has 1 aliphatic heterocycles. The van der Waals surface area contributed by atoms with Crippen LogP contribution < -0.4 is 10.6 Å². The van der Waals surface area contributed by atoms with Crippen molar-refractivity contribution < 1.29 is 22.0 Å². The molecule has 1 aliphatic rings. The fraction of sp³-hybridized carbons (Fsp3) is 0.481. The van der Waals surface area contributed by atoms with Gasteiger partial charge in [0.15, 0.2) is 5.82 Å². The van der Waals surface area contributed by atoms with Gasteiger partial charge in [0, 0.05) is 36.0 Å². The number of anilines is 1. The molecule has 1 saturated heterocycles. The van der Waals surface area contributed by atoms with E-state index in [1.165, 1.54) is 50.9 Å². The van der Waals surface area contributed by atoms with Crippen molar-refractivity contribution in [2.45, 2.75) is 66.1 Å². The maximum atomic E-state index is 14.1. The smallest absolute Gasteiger partial charge is 0.364 e. The molecule has 4 rings (SSSR count). The van der Waals surface area contributed by atoms with E-state index in [4.69, 9.17) is 0 Å². The van der Waals surface area contributed by atoms with Crippen LogP contribution in [0.15, 0.2) is 30.3 Å². The van der Waals surface area contributed by atoms with Gasteiger partial charge in [-0.1, -0.05) is 38.8 Å². The summed E-state index contributed by atoms with van der Waals surface area (Å²) < 4.78 is 66.3. The van der Waals surface area contributed by atoms with Gasteiger partial charge >= 0.3 is 6.18 Å². The second-order valence-electron chi connectivity index (χ2n) is 9.51. The Morgan fingerprint density at radius 2 is 1.64 bits per heavy atom. The van der Waals surface area contributed by atoms with Crippen LogP contribution in [0.4, 0.5) is 27.8 Å². The minimum absolute atomic E-state index is 0.158. The zero-order valence-corrected chi connectivity index (χ0v) is 21.1. The number of alkyl halides is 3. The van der Waals surface area contributed by atoms with Gasteiger partial charge in [-0.05, 0) is 55.9 Å². The predicted octanol–water partition coefficient (Wildman–Crippen LogP) is 7.33. The molecule has 0 amide bonds. The SMILES string of the molecule is CCCC1(CCC)CNC1.Cc1cc2c(NCc3cccc(C(F)(F)F)c3F)nnc(C)c2cc1F. The normalized spacial score (nSPS) is 14.7. The van der Waals surface area contributed by atoms with Crippen molar-refractivity contribution in [2.24, 2.45) is 5.41 Å². The second kappa shape index (κ2) is 11.5. The molecule has 1 fully saturated rings. The number of nitrogens with zero attached hydrogens (tertiary/aromatic N) is 2. The molecule has 0 saturated carbocycles. The number of rotatable bonds is 7. The van der Waals surface area contributed by atoms with Gasteiger partial charge in [-0.15, -0.1) is 5.10 Å². The number of hydrogen-bond acceptors (Lipinski definition) is 4. The Morgan fingerprint density at radius 3 is 2.19 bits per heavy atom. The molecule has 0 spiro atoms. The predicted molar refractivity (Wildman–Crippen MR) is 133 cm³/mol. The minimum atomic E-state index is -4.77. The lowest BCUT2D eigenvalue weighted by atomic mass is 9.74. The van der Waals surface area contributed by atoms with Crippen LogP contribution in [0, 0.1) is 30.9 Å². The number of hydrogen-bond donors (Lipinski definition) is 2. The number of nitrogens with one attached hydrogen (secondary N) is 2. The maximum absolute atomic E-state index is 14.1. The molecule has 9 heteroatoms. The first-order valence-electron chi connectivity index (χ1n) is 12.2. The van der Waals surface area contributed by atoms with E-state index in [2.05, 4.69) is 34.7 Å². The molecule has 0 bridgehead atoms. The molecule has 0 atom stereocenters. The third-order valence-corrected chi connectivity index (χ3v) is 6.63. The molecule has 2 N–H and O–H groups in total. The molecular formula is C27H33F5N4. The van der Waals surface area contributed by atoms with Crippen molar-refractivity contribution >= 4 is 16.6 Å². The van der Waals surface area contributed by atoms with E-state index in [1.54, 1.807) is 19.9 Å². The number of aryl methyl sites for hydroxylation is 2. The summed E-state index contributed by atoms with van der Waals surface area (Å²) in [4.78, 5) is 0. The first kappa shape index (κ1) is 27.8. The van der Waals surface area contributed by atoms with Gasteiger partial charge in [0.1, 0.15) is 11.6 Å². The zero-order valence-electron chi connectivity index (χ0n) is 21.1. The van der Waals surface area contributed by atoms with Gasteiger partial charge in [0.25, 0.3) is 0 Å². The van der Waals surface area contributed by atoms with Gasteiger partial charge in [-0.3, -0.25) is 0 Å². The van der Waals surface area contributed by atoms with E-state index in [0.29, 0.717) is 33.5 Å². The van der Waals surface area contributed by atoms with Crippen LogP contribution >= 0.6 is 0 Å². The zero-order chi connectivity index (χ0) is 26.5. The standard InChI is InChI=1S/C18H14F5N3.C9H19N/c1-9-6-13-12(7-15(9)19)10(2)25-26-17(13)24-8-11-4-3-5-14(16(11)20)18(21,22)23;1-3-5-9(6-4-2)7-10-8-9/h3-7H,8H2,1-2H3,(H,24,26);10H,3-8H2,1-2H3. The first-order valence-corrected chi connectivity index (χ1v) is 12.2. The van der Waals surface area contributed by atoms with E-state index < -0.39 is 23.4 Å². The number of aromatic nitrogens is 2. The van der Waals surface area contributed by atoms with Crippen LogP contribution in [0.1, 0.15) is 61.9 Å². The van der Waals surface area contributed by atoms with E-state index in [1.807, 2.05) is 0 Å². The maximum Gasteiger partial charge on any atom is 0.419 e. The molecule has 36 heavy (non-hydrogen) atoms. The summed E-state index contributed by atoms with van der Waals surface area (Å²) in [5.74, 6) is -1.49. The van der Waals surface area contributed by atoms with Crippen molar-refractivity contribution in [1.29, 1.82) is 0 Å². The average Bonchev–Trinajstić information content (AvgIpc) is 2.79. The highest BCUT2D eigenvalue weighted by Crippen LogP contribution is 2.34. The molecule has 2 aromatic carbocycles. The fourth-order valence-electron chi connectivity index (χ4n) is 4.67. The van der Waals surface area contributed by atoms with E-state index >= 15 is 0 Å². The molecule has 4 nitrogen and oxygen atoms in total. The first-order chi connectivity index (χ1) is 17.0. The molecule has 2 heterocycles. The van der Waals surface area contributed by atoms with E-state index in [9.17, 15) is 22.0 Å². The molecule has 0 aliphatic carbocycles. The van der Waals surface area contributed by atoms with Crippen molar-refractivity contribution in [3.05, 3.63) is 64.4 Å². The molecule has 0 radical (unpaired) electrons. The minimum Gasteiger partial charge on any atom is -0.364 e. The monoisotopic (exact) mass is 508 g/mol.